The van der Waals surface area contributed by atoms with Crippen molar-refractivity contribution in [1.29, 1.82) is 0 Å². The van der Waals surface area contributed by atoms with Crippen molar-refractivity contribution in [3.05, 3.63) is 22.8 Å². The first-order valence-electron chi connectivity index (χ1n) is 8.76. The molecule has 1 aromatic carbocycles. The molecule has 2 bridgehead atoms. The van der Waals surface area contributed by atoms with E-state index in [1.165, 1.54) is 55.2 Å². The van der Waals surface area contributed by atoms with Crippen LogP contribution in [0, 0.1) is 0 Å². The zero-order chi connectivity index (χ0) is 15.3. The predicted molar refractivity (Wildman–Crippen MR) is 87.8 cm³/mol. The van der Waals surface area contributed by atoms with Gasteiger partial charge < -0.3 is 15.2 Å². The summed E-state index contributed by atoms with van der Waals surface area (Å²) >= 11 is 0. The van der Waals surface area contributed by atoms with E-state index in [2.05, 4.69) is 6.07 Å². The molecule has 0 aromatic heterocycles. The van der Waals surface area contributed by atoms with Crippen molar-refractivity contribution >= 4 is 0 Å². The maximum Gasteiger partial charge on any atom is 0.127 e. The summed E-state index contributed by atoms with van der Waals surface area (Å²) in [6.45, 7) is 0. The molecule has 22 heavy (non-hydrogen) atoms. The molecule has 2 unspecified atom stereocenters. The van der Waals surface area contributed by atoms with Crippen LogP contribution >= 0.6 is 0 Å². The molecule has 0 radical (unpaired) electrons. The monoisotopic (exact) mass is 301 g/mol. The van der Waals surface area contributed by atoms with Gasteiger partial charge >= 0.3 is 0 Å². The van der Waals surface area contributed by atoms with E-state index in [-0.39, 0.29) is 5.54 Å². The average molecular weight is 301 g/mol. The first kappa shape index (κ1) is 14.4. The van der Waals surface area contributed by atoms with Crippen LogP contribution in [0.3, 0.4) is 0 Å². The lowest BCUT2D eigenvalue weighted by molar-refractivity contribution is 0.285. The Hall–Kier alpha value is -1.22. The van der Waals surface area contributed by atoms with Crippen LogP contribution in [0.5, 0.6) is 11.5 Å². The Morgan fingerprint density at radius 3 is 2.32 bits per heavy atom. The lowest BCUT2D eigenvalue weighted by atomic mass is 9.75. The fraction of sp³-hybridized carbons (Fsp3) is 0.684. The fourth-order valence-corrected chi connectivity index (χ4v) is 5.22. The molecule has 0 heterocycles. The van der Waals surface area contributed by atoms with E-state index < -0.39 is 0 Å². The Morgan fingerprint density at radius 1 is 1.00 bits per heavy atom. The van der Waals surface area contributed by atoms with Crippen LogP contribution in [0.2, 0.25) is 0 Å². The standard InChI is InChI=1S/C19H27NO2/c1-21-15-11-14(19(20)8-4-3-5-9-19)18(22-2)17-13-7-6-12(10-13)16(15)17/h11-13H,3-10,20H2,1-2H3. The minimum absolute atomic E-state index is 0.242. The van der Waals surface area contributed by atoms with Gasteiger partial charge in [-0.05, 0) is 50.0 Å². The van der Waals surface area contributed by atoms with Gasteiger partial charge in [0.2, 0.25) is 0 Å². The Morgan fingerprint density at radius 2 is 1.68 bits per heavy atom. The Labute approximate surface area is 133 Å². The first-order chi connectivity index (χ1) is 10.7. The van der Waals surface area contributed by atoms with Crippen LogP contribution < -0.4 is 15.2 Å². The van der Waals surface area contributed by atoms with Crippen molar-refractivity contribution in [2.24, 2.45) is 5.73 Å². The lowest BCUT2D eigenvalue weighted by Crippen LogP contribution is -2.39. The second-order valence-electron chi connectivity index (χ2n) is 7.41. The molecule has 3 aliphatic carbocycles. The van der Waals surface area contributed by atoms with Crippen LogP contribution in [0.25, 0.3) is 0 Å². The number of ether oxygens (including phenoxy) is 2. The summed E-state index contributed by atoms with van der Waals surface area (Å²) in [7, 11) is 3.60. The van der Waals surface area contributed by atoms with Gasteiger partial charge in [0.1, 0.15) is 11.5 Å². The zero-order valence-electron chi connectivity index (χ0n) is 13.8. The summed E-state index contributed by atoms with van der Waals surface area (Å²) in [6, 6.07) is 2.20. The number of hydrogen-bond donors (Lipinski definition) is 1. The number of rotatable bonds is 3. The molecule has 3 nitrogen and oxygen atoms in total. The maximum atomic E-state index is 6.84. The van der Waals surface area contributed by atoms with Gasteiger partial charge in [0.25, 0.3) is 0 Å². The Bertz CT molecular complexity index is 590. The van der Waals surface area contributed by atoms with E-state index in [0.29, 0.717) is 11.8 Å². The molecule has 2 atom stereocenters. The van der Waals surface area contributed by atoms with Gasteiger partial charge in [0.05, 0.1) is 14.2 Å². The van der Waals surface area contributed by atoms with Crippen molar-refractivity contribution < 1.29 is 9.47 Å². The van der Waals surface area contributed by atoms with Gasteiger partial charge in [0, 0.05) is 22.2 Å². The van der Waals surface area contributed by atoms with E-state index in [1.54, 1.807) is 7.11 Å². The highest BCUT2D eigenvalue weighted by molar-refractivity contribution is 5.62. The Balaban J connectivity index is 1.91. The summed E-state index contributed by atoms with van der Waals surface area (Å²) in [5.41, 5.74) is 10.6. The third kappa shape index (κ3) is 1.91. The first-order valence-corrected chi connectivity index (χ1v) is 8.76. The van der Waals surface area contributed by atoms with Gasteiger partial charge in [-0.15, -0.1) is 0 Å². The molecular formula is C19H27NO2. The molecule has 0 saturated heterocycles. The average Bonchev–Trinajstić information content (AvgIpc) is 3.16. The number of methoxy groups -OCH3 is 2. The molecule has 2 N–H and O–H groups in total. The molecule has 0 spiro atoms. The highest BCUT2D eigenvalue weighted by Gasteiger charge is 2.44. The Kier molecular flexibility index (Phi) is 3.37. The summed E-state index contributed by atoms with van der Waals surface area (Å²) in [5, 5.41) is 0. The normalized spacial score (nSPS) is 28.5. The highest BCUT2D eigenvalue weighted by Crippen LogP contribution is 2.60. The maximum absolute atomic E-state index is 6.84. The van der Waals surface area contributed by atoms with Gasteiger partial charge in [-0.3, -0.25) is 0 Å². The van der Waals surface area contributed by atoms with Gasteiger partial charge in [0.15, 0.2) is 0 Å². The third-order valence-corrected chi connectivity index (χ3v) is 6.28. The van der Waals surface area contributed by atoms with E-state index >= 15 is 0 Å². The molecule has 2 saturated carbocycles. The number of nitrogens with two attached hydrogens (primary N) is 1. The minimum atomic E-state index is -0.242. The van der Waals surface area contributed by atoms with Crippen molar-refractivity contribution in [2.45, 2.75) is 68.7 Å². The summed E-state index contributed by atoms with van der Waals surface area (Å²) in [5.74, 6) is 3.44. The topological polar surface area (TPSA) is 44.5 Å². The summed E-state index contributed by atoms with van der Waals surface area (Å²) in [6.07, 6.45) is 9.69. The zero-order valence-corrected chi connectivity index (χ0v) is 13.8. The van der Waals surface area contributed by atoms with Crippen molar-refractivity contribution in [3.8, 4) is 11.5 Å². The van der Waals surface area contributed by atoms with Gasteiger partial charge in [-0.1, -0.05) is 19.3 Å². The molecule has 3 heteroatoms. The SMILES string of the molecule is COc1cc(C2(N)CCCCC2)c(OC)c2c1C1CCC2C1. The molecular weight excluding hydrogens is 274 g/mol. The van der Waals surface area contributed by atoms with Crippen LogP contribution in [-0.2, 0) is 5.54 Å². The predicted octanol–water partition coefficient (Wildman–Crippen LogP) is 4.19. The molecule has 0 aliphatic heterocycles. The molecule has 1 aromatic rings. The number of fused-ring (bicyclic) bond motifs is 5. The van der Waals surface area contributed by atoms with Crippen molar-refractivity contribution in [2.75, 3.05) is 14.2 Å². The quantitative estimate of drug-likeness (QED) is 0.910. The van der Waals surface area contributed by atoms with E-state index in [1.807, 2.05) is 7.11 Å². The van der Waals surface area contributed by atoms with E-state index in [0.717, 1.165) is 24.3 Å². The lowest BCUT2D eigenvalue weighted by Gasteiger charge is -2.36. The second kappa shape index (κ2) is 5.16. The van der Waals surface area contributed by atoms with Crippen molar-refractivity contribution in [3.63, 3.8) is 0 Å². The van der Waals surface area contributed by atoms with Crippen LogP contribution in [0.15, 0.2) is 6.07 Å². The molecule has 120 valence electrons. The minimum Gasteiger partial charge on any atom is -0.496 e. The van der Waals surface area contributed by atoms with Gasteiger partial charge in [-0.25, -0.2) is 0 Å². The number of benzene rings is 1. The molecule has 2 fully saturated rings. The molecule has 4 rings (SSSR count). The summed E-state index contributed by atoms with van der Waals surface area (Å²) in [4.78, 5) is 0. The van der Waals surface area contributed by atoms with Crippen molar-refractivity contribution in [1.82, 2.24) is 0 Å². The smallest absolute Gasteiger partial charge is 0.127 e. The second-order valence-corrected chi connectivity index (χ2v) is 7.41. The molecule has 0 amide bonds. The van der Waals surface area contributed by atoms with Crippen LogP contribution in [0.1, 0.15) is 79.9 Å². The highest BCUT2D eigenvalue weighted by atomic mass is 16.5. The van der Waals surface area contributed by atoms with Crippen LogP contribution in [-0.4, -0.2) is 14.2 Å². The van der Waals surface area contributed by atoms with E-state index in [4.69, 9.17) is 15.2 Å². The largest absolute Gasteiger partial charge is 0.496 e. The van der Waals surface area contributed by atoms with E-state index in [9.17, 15) is 0 Å². The van der Waals surface area contributed by atoms with Gasteiger partial charge in [-0.2, -0.15) is 0 Å². The molecule has 3 aliphatic rings. The third-order valence-electron chi connectivity index (χ3n) is 6.28. The number of hydrogen-bond acceptors (Lipinski definition) is 3. The summed E-state index contributed by atoms with van der Waals surface area (Å²) < 4.78 is 11.7. The van der Waals surface area contributed by atoms with Crippen LogP contribution in [0.4, 0.5) is 0 Å². The fourth-order valence-electron chi connectivity index (χ4n) is 5.22.